The molecule has 3 rings (SSSR count). The number of anilines is 1. The molecule has 0 aromatic heterocycles. The summed E-state index contributed by atoms with van der Waals surface area (Å²) in [6.45, 7) is 4.36. The monoisotopic (exact) mass is 287 g/mol. The summed E-state index contributed by atoms with van der Waals surface area (Å²) in [5.74, 6) is 0.144. The van der Waals surface area contributed by atoms with Crippen molar-refractivity contribution in [3.8, 4) is 0 Å². The molecule has 2 aliphatic heterocycles. The Kier molecular flexibility index (Phi) is 4.76. The molecule has 0 radical (unpaired) electrons. The number of benzene rings is 1. The molecule has 1 atom stereocenters. The number of fused-ring (bicyclic) bond motifs is 1. The standard InChI is InChI=1S/C17H25N3O/c21-17(18-10-5-13-20-11-3-4-12-20)16-9-8-14-6-1-2-7-15(14)19-16/h1-2,6-7,16,19H,3-5,8-13H2,(H,18,21). The molecule has 4 heteroatoms. The average Bonchev–Trinajstić information content (AvgIpc) is 3.04. The van der Waals surface area contributed by atoms with Crippen LogP contribution in [0.15, 0.2) is 24.3 Å². The topological polar surface area (TPSA) is 44.4 Å². The maximum atomic E-state index is 12.2. The van der Waals surface area contributed by atoms with Gasteiger partial charge in [0, 0.05) is 12.2 Å². The minimum atomic E-state index is -0.0771. The Morgan fingerprint density at radius 2 is 2.10 bits per heavy atom. The van der Waals surface area contributed by atoms with Crippen molar-refractivity contribution in [3.63, 3.8) is 0 Å². The van der Waals surface area contributed by atoms with Gasteiger partial charge >= 0.3 is 0 Å². The number of carbonyl (C=O) groups excluding carboxylic acids is 1. The Bertz CT molecular complexity index is 483. The van der Waals surface area contributed by atoms with E-state index in [1.165, 1.54) is 31.5 Å². The van der Waals surface area contributed by atoms with Gasteiger partial charge in [0.25, 0.3) is 0 Å². The maximum absolute atomic E-state index is 12.2. The van der Waals surface area contributed by atoms with Crippen LogP contribution in [-0.4, -0.2) is 43.0 Å². The Labute approximate surface area is 126 Å². The van der Waals surface area contributed by atoms with Crippen LogP contribution in [0.4, 0.5) is 5.69 Å². The number of aryl methyl sites for hydroxylation is 1. The molecular weight excluding hydrogens is 262 g/mol. The molecule has 1 aromatic rings. The molecule has 2 heterocycles. The fourth-order valence-electron chi connectivity index (χ4n) is 3.28. The summed E-state index contributed by atoms with van der Waals surface area (Å²) in [5, 5.41) is 6.44. The second-order valence-corrected chi connectivity index (χ2v) is 6.09. The van der Waals surface area contributed by atoms with Gasteiger partial charge in [-0.05, 0) is 63.4 Å². The quantitative estimate of drug-likeness (QED) is 0.814. The van der Waals surface area contributed by atoms with Crippen molar-refractivity contribution in [1.82, 2.24) is 10.2 Å². The largest absolute Gasteiger partial charge is 0.373 e. The molecule has 0 bridgehead atoms. The lowest BCUT2D eigenvalue weighted by Crippen LogP contribution is -2.42. The van der Waals surface area contributed by atoms with Gasteiger partial charge in [0.05, 0.1) is 0 Å². The summed E-state index contributed by atoms with van der Waals surface area (Å²) in [7, 11) is 0. The minimum Gasteiger partial charge on any atom is -0.373 e. The highest BCUT2D eigenvalue weighted by Gasteiger charge is 2.23. The zero-order valence-corrected chi connectivity index (χ0v) is 12.6. The highest BCUT2D eigenvalue weighted by molar-refractivity contribution is 5.85. The van der Waals surface area contributed by atoms with Gasteiger partial charge in [0.1, 0.15) is 6.04 Å². The first-order valence-corrected chi connectivity index (χ1v) is 8.17. The van der Waals surface area contributed by atoms with Gasteiger partial charge in [-0.15, -0.1) is 0 Å². The molecule has 0 saturated carbocycles. The summed E-state index contributed by atoms with van der Waals surface area (Å²) in [6.07, 6.45) is 5.58. The number of rotatable bonds is 5. The number of nitrogens with zero attached hydrogens (tertiary/aromatic N) is 1. The molecule has 1 unspecified atom stereocenters. The third-order valence-electron chi connectivity index (χ3n) is 4.51. The fourth-order valence-corrected chi connectivity index (χ4v) is 3.28. The zero-order chi connectivity index (χ0) is 14.5. The normalized spacial score (nSPS) is 21.6. The molecule has 0 spiro atoms. The van der Waals surface area contributed by atoms with E-state index in [0.717, 1.165) is 38.0 Å². The second-order valence-electron chi connectivity index (χ2n) is 6.09. The van der Waals surface area contributed by atoms with Crippen LogP contribution in [0.25, 0.3) is 0 Å². The van der Waals surface area contributed by atoms with Gasteiger partial charge in [-0.25, -0.2) is 0 Å². The summed E-state index contributed by atoms with van der Waals surface area (Å²) in [4.78, 5) is 14.7. The van der Waals surface area contributed by atoms with Crippen molar-refractivity contribution in [1.29, 1.82) is 0 Å². The highest BCUT2D eigenvalue weighted by Crippen LogP contribution is 2.24. The molecular formula is C17H25N3O. The Morgan fingerprint density at radius 1 is 1.29 bits per heavy atom. The van der Waals surface area contributed by atoms with Gasteiger partial charge in [-0.1, -0.05) is 18.2 Å². The zero-order valence-electron chi connectivity index (χ0n) is 12.6. The van der Waals surface area contributed by atoms with Crippen molar-refractivity contribution in [2.45, 2.75) is 38.1 Å². The molecule has 2 aliphatic rings. The van der Waals surface area contributed by atoms with Crippen molar-refractivity contribution in [2.24, 2.45) is 0 Å². The van der Waals surface area contributed by atoms with E-state index in [4.69, 9.17) is 0 Å². The molecule has 2 N–H and O–H groups in total. The van der Waals surface area contributed by atoms with Gasteiger partial charge < -0.3 is 15.5 Å². The summed E-state index contributed by atoms with van der Waals surface area (Å²) in [6, 6.07) is 8.18. The van der Waals surface area contributed by atoms with E-state index >= 15 is 0 Å². The number of para-hydroxylation sites is 1. The number of likely N-dealkylation sites (tertiary alicyclic amines) is 1. The van der Waals surface area contributed by atoms with Crippen molar-refractivity contribution < 1.29 is 4.79 Å². The number of hydrogen-bond acceptors (Lipinski definition) is 3. The van der Waals surface area contributed by atoms with Gasteiger partial charge in [-0.3, -0.25) is 4.79 Å². The Balaban J connectivity index is 1.40. The molecule has 1 aromatic carbocycles. The second kappa shape index (κ2) is 6.94. The number of hydrogen-bond donors (Lipinski definition) is 2. The Hall–Kier alpha value is -1.55. The van der Waals surface area contributed by atoms with Crippen LogP contribution in [0.5, 0.6) is 0 Å². The fraction of sp³-hybridized carbons (Fsp3) is 0.588. The molecule has 1 saturated heterocycles. The van der Waals surface area contributed by atoms with E-state index in [2.05, 4.69) is 33.7 Å². The predicted molar refractivity (Wildman–Crippen MR) is 85.5 cm³/mol. The highest BCUT2D eigenvalue weighted by atomic mass is 16.2. The first-order valence-electron chi connectivity index (χ1n) is 8.17. The van der Waals surface area contributed by atoms with E-state index in [1.54, 1.807) is 0 Å². The first-order chi connectivity index (χ1) is 10.3. The lowest BCUT2D eigenvalue weighted by molar-refractivity contribution is -0.122. The summed E-state index contributed by atoms with van der Waals surface area (Å²) < 4.78 is 0. The Morgan fingerprint density at radius 3 is 2.95 bits per heavy atom. The van der Waals surface area contributed by atoms with Crippen LogP contribution in [-0.2, 0) is 11.2 Å². The van der Waals surface area contributed by atoms with E-state index in [-0.39, 0.29) is 11.9 Å². The van der Waals surface area contributed by atoms with Crippen LogP contribution >= 0.6 is 0 Å². The number of carbonyl (C=O) groups is 1. The third-order valence-corrected chi connectivity index (χ3v) is 4.51. The first kappa shape index (κ1) is 14.4. The van der Waals surface area contributed by atoms with Crippen LogP contribution in [0, 0.1) is 0 Å². The van der Waals surface area contributed by atoms with Crippen LogP contribution in [0.3, 0.4) is 0 Å². The minimum absolute atomic E-state index is 0.0771. The van der Waals surface area contributed by atoms with E-state index in [1.807, 2.05) is 6.07 Å². The van der Waals surface area contributed by atoms with E-state index in [9.17, 15) is 4.79 Å². The lowest BCUT2D eigenvalue weighted by atomic mass is 9.98. The average molecular weight is 287 g/mol. The van der Waals surface area contributed by atoms with Gasteiger partial charge in [0.2, 0.25) is 5.91 Å². The molecule has 0 aliphatic carbocycles. The van der Waals surface area contributed by atoms with Crippen LogP contribution < -0.4 is 10.6 Å². The molecule has 114 valence electrons. The van der Waals surface area contributed by atoms with E-state index < -0.39 is 0 Å². The molecule has 1 fully saturated rings. The van der Waals surface area contributed by atoms with Gasteiger partial charge in [0.15, 0.2) is 0 Å². The number of nitrogens with one attached hydrogen (secondary N) is 2. The van der Waals surface area contributed by atoms with E-state index in [0.29, 0.717) is 0 Å². The summed E-state index contributed by atoms with van der Waals surface area (Å²) in [5.41, 5.74) is 2.43. The van der Waals surface area contributed by atoms with Crippen molar-refractivity contribution in [3.05, 3.63) is 29.8 Å². The molecule has 1 amide bonds. The van der Waals surface area contributed by atoms with Crippen LogP contribution in [0.2, 0.25) is 0 Å². The SMILES string of the molecule is O=C(NCCCN1CCCC1)C1CCc2ccccc2N1. The third kappa shape index (κ3) is 3.76. The molecule has 4 nitrogen and oxygen atoms in total. The smallest absolute Gasteiger partial charge is 0.242 e. The summed E-state index contributed by atoms with van der Waals surface area (Å²) >= 11 is 0. The van der Waals surface area contributed by atoms with Gasteiger partial charge in [-0.2, -0.15) is 0 Å². The van der Waals surface area contributed by atoms with Crippen molar-refractivity contribution in [2.75, 3.05) is 31.5 Å². The van der Waals surface area contributed by atoms with Crippen LogP contribution in [0.1, 0.15) is 31.2 Å². The maximum Gasteiger partial charge on any atom is 0.242 e. The number of amides is 1. The lowest BCUT2D eigenvalue weighted by Gasteiger charge is -2.26. The predicted octanol–water partition coefficient (Wildman–Crippen LogP) is 2.02. The molecule has 21 heavy (non-hydrogen) atoms. The van der Waals surface area contributed by atoms with Crippen molar-refractivity contribution >= 4 is 11.6 Å².